The first-order valence-electron chi connectivity index (χ1n) is 9.50. The summed E-state index contributed by atoms with van der Waals surface area (Å²) < 4.78 is 0. The van der Waals surface area contributed by atoms with Gasteiger partial charge < -0.3 is 5.11 Å². The lowest BCUT2D eigenvalue weighted by atomic mass is 9.87. The minimum atomic E-state index is 0.164. The van der Waals surface area contributed by atoms with Crippen molar-refractivity contribution in [3.05, 3.63) is 65.2 Å². The van der Waals surface area contributed by atoms with Crippen molar-refractivity contribution in [3.8, 4) is 5.75 Å². The molecule has 0 bridgehead atoms. The lowest BCUT2D eigenvalue weighted by molar-refractivity contribution is 0.112. The van der Waals surface area contributed by atoms with Crippen LogP contribution in [0.4, 0.5) is 0 Å². The second-order valence-electron chi connectivity index (χ2n) is 7.54. The van der Waals surface area contributed by atoms with Crippen LogP contribution in [0.2, 0.25) is 0 Å². The van der Waals surface area contributed by atoms with Gasteiger partial charge in [0.25, 0.3) is 0 Å². The molecule has 0 fully saturated rings. The van der Waals surface area contributed by atoms with E-state index < -0.39 is 0 Å². The van der Waals surface area contributed by atoms with Gasteiger partial charge in [0.15, 0.2) is 0 Å². The maximum atomic E-state index is 11.2. The van der Waals surface area contributed by atoms with Crippen molar-refractivity contribution in [2.45, 2.75) is 58.5 Å². The first-order valence-corrected chi connectivity index (χ1v) is 9.50. The minimum absolute atomic E-state index is 0.164. The molecular formula is C23H31NO2. The van der Waals surface area contributed by atoms with Crippen molar-refractivity contribution in [2.75, 3.05) is 6.54 Å². The van der Waals surface area contributed by atoms with Crippen molar-refractivity contribution in [3.63, 3.8) is 0 Å². The van der Waals surface area contributed by atoms with E-state index in [-0.39, 0.29) is 11.7 Å². The molecule has 0 unspecified atom stereocenters. The molecule has 0 spiro atoms. The highest BCUT2D eigenvalue weighted by Gasteiger charge is 2.20. The molecule has 0 aliphatic rings. The van der Waals surface area contributed by atoms with Gasteiger partial charge in [-0.25, -0.2) is 0 Å². The molecule has 3 heteroatoms. The number of hydrogen-bond donors (Lipinski definition) is 1. The number of aromatic hydroxyl groups is 1. The second kappa shape index (κ2) is 9.54. The van der Waals surface area contributed by atoms with E-state index in [0.717, 1.165) is 31.2 Å². The van der Waals surface area contributed by atoms with E-state index in [9.17, 15) is 9.90 Å². The van der Waals surface area contributed by atoms with Crippen molar-refractivity contribution in [2.24, 2.45) is 0 Å². The third-order valence-corrected chi connectivity index (χ3v) is 5.01. The van der Waals surface area contributed by atoms with E-state index in [1.165, 1.54) is 5.56 Å². The van der Waals surface area contributed by atoms with Crippen LogP contribution in [0.5, 0.6) is 5.75 Å². The van der Waals surface area contributed by atoms with Gasteiger partial charge >= 0.3 is 0 Å². The summed E-state index contributed by atoms with van der Waals surface area (Å²) in [5.74, 6) is 0.439. The van der Waals surface area contributed by atoms with Gasteiger partial charge in [-0.15, -0.1) is 0 Å². The fourth-order valence-corrected chi connectivity index (χ4v) is 3.66. The van der Waals surface area contributed by atoms with Crippen molar-refractivity contribution < 1.29 is 9.90 Å². The highest BCUT2D eigenvalue weighted by Crippen LogP contribution is 2.32. The van der Waals surface area contributed by atoms with Crippen LogP contribution in [0.15, 0.2) is 48.5 Å². The lowest BCUT2D eigenvalue weighted by Crippen LogP contribution is -2.38. The Bertz CT molecular complexity index is 687. The number of hydrogen-bond acceptors (Lipinski definition) is 3. The van der Waals surface area contributed by atoms with E-state index in [0.29, 0.717) is 17.6 Å². The molecular weight excluding hydrogens is 322 g/mol. The highest BCUT2D eigenvalue weighted by molar-refractivity contribution is 5.75. The number of phenols is 1. The summed E-state index contributed by atoms with van der Waals surface area (Å²) in [5, 5.41) is 10.4. The Labute approximate surface area is 157 Å². The quantitative estimate of drug-likeness (QED) is 0.642. The Hall–Kier alpha value is -2.13. The zero-order valence-electron chi connectivity index (χ0n) is 16.4. The zero-order valence-corrected chi connectivity index (χ0v) is 16.4. The largest absolute Gasteiger partial charge is 0.508 e. The molecule has 26 heavy (non-hydrogen) atoms. The predicted octanol–water partition coefficient (Wildman–Crippen LogP) is 5.04. The van der Waals surface area contributed by atoms with Crippen LogP contribution in [-0.4, -0.2) is 34.9 Å². The molecule has 2 aromatic carbocycles. The molecule has 3 nitrogen and oxygen atoms in total. The summed E-state index contributed by atoms with van der Waals surface area (Å²) in [5.41, 5.74) is 2.72. The van der Waals surface area contributed by atoms with Crippen molar-refractivity contribution in [1.82, 2.24) is 4.90 Å². The first kappa shape index (κ1) is 20.2. The average Bonchev–Trinajstić information content (AvgIpc) is 2.61. The van der Waals surface area contributed by atoms with Crippen LogP contribution in [-0.2, 0) is 6.42 Å². The highest BCUT2D eigenvalue weighted by atomic mass is 16.3. The van der Waals surface area contributed by atoms with Gasteiger partial charge in [0.05, 0.1) is 0 Å². The molecule has 140 valence electrons. The van der Waals surface area contributed by atoms with E-state index >= 15 is 0 Å². The number of nitrogens with zero attached hydrogens (tertiary/aromatic N) is 1. The van der Waals surface area contributed by atoms with Gasteiger partial charge in [0.2, 0.25) is 0 Å². The number of rotatable bonds is 9. The number of benzene rings is 2. The van der Waals surface area contributed by atoms with E-state index in [2.05, 4.69) is 44.7 Å². The first-order chi connectivity index (χ1) is 12.4. The van der Waals surface area contributed by atoms with Crippen LogP contribution in [0.25, 0.3) is 0 Å². The lowest BCUT2D eigenvalue weighted by Gasteiger charge is -2.32. The molecule has 0 aromatic heterocycles. The summed E-state index contributed by atoms with van der Waals surface area (Å²) in [7, 11) is 0. The molecule has 0 radical (unpaired) electrons. The number of phenolic OH excluding ortho intramolecular Hbond substituents is 1. The zero-order chi connectivity index (χ0) is 19.1. The Balaban J connectivity index is 2.28. The normalized spacial score (nSPS) is 12.7. The summed E-state index contributed by atoms with van der Waals surface area (Å²) in [4.78, 5) is 13.7. The molecule has 0 saturated heterocycles. The fourth-order valence-electron chi connectivity index (χ4n) is 3.66. The Morgan fingerprint density at radius 3 is 2.23 bits per heavy atom. The minimum Gasteiger partial charge on any atom is -0.508 e. The summed E-state index contributed by atoms with van der Waals surface area (Å²) in [6.45, 7) is 9.83. The third kappa shape index (κ3) is 5.43. The maximum absolute atomic E-state index is 11.2. The maximum Gasteiger partial charge on any atom is 0.150 e. The molecule has 2 aromatic rings. The third-order valence-electron chi connectivity index (χ3n) is 5.01. The SMILES string of the molecule is CC(C)N(CC[C@@H](Cc1ccccc1)c1cc(C=O)ccc1O)C(C)C. The van der Waals surface area contributed by atoms with Crippen molar-refractivity contribution in [1.29, 1.82) is 0 Å². The second-order valence-corrected chi connectivity index (χ2v) is 7.54. The van der Waals surface area contributed by atoms with Gasteiger partial charge in [-0.05, 0) is 82.3 Å². The number of carbonyl (C=O) groups is 1. The molecule has 0 saturated carbocycles. The molecule has 1 N–H and O–H groups in total. The molecule has 2 rings (SSSR count). The molecule has 0 amide bonds. The fraction of sp³-hybridized carbons (Fsp3) is 0.435. The van der Waals surface area contributed by atoms with Gasteiger partial charge in [-0.1, -0.05) is 30.3 Å². The van der Waals surface area contributed by atoms with Gasteiger partial charge in [0, 0.05) is 17.6 Å². The summed E-state index contributed by atoms with van der Waals surface area (Å²) in [6, 6.07) is 16.4. The Morgan fingerprint density at radius 2 is 1.65 bits per heavy atom. The standard InChI is InChI=1S/C23H31NO2/c1-17(2)24(18(3)4)13-12-21(14-19-8-6-5-7-9-19)22-15-20(16-25)10-11-23(22)26/h5-11,15-18,21,26H,12-14H2,1-4H3/t21-/m0/s1. The monoisotopic (exact) mass is 353 g/mol. The van der Waals surface area contributed by atoms with Crippen LogP contribution in [0.3, 0.4) is 0 Å². The van der Waals surface area contributed by atoms with E-state index in [4.69, 9.17) is 0 Å². The molecule has 0 heterocycles. The van der Waals surface area contributed by atoms with Crippen LogP contribution in [0.1, 0.15) is 61.5 Å². The van der Waals surface area contributed by atoms with Gasteiger partial charge in [-0.2, -0.15) is 0 Å². The smallest absolute Gasteiger partial charge is 0.150 e. The van der Waals surface area contributed by atoms with Crippen molar-refractivity contribution >= 4 is 6.29 Å². The summed E-state index contributed by atoms with van der Waals surface area (Å²) in [6.07, 6.45) is 2.62. The number of carbonyl (C=O) groups excluding carboxylic acids is 1. The molecule has 0 aliphatic carbocycles. The molecule has 1 atom stereocenters. The molecule has 0 aliphatic heterocycles. The van der Waals surface area contributed by atoms with Crippen LogP contribution >= 0.6 is 0 Å². The Morgan fingerprint density at radius 1 is 1.00 bits per heavy atom. The predicted molar refractivity (Wildman–Crippen MR) is 108 cm³/mol. The summed E-state index contributed by atoms with van der Waals surface area (Å²) >= 11 is 0. The van der Waals surface area contributed by atoms with Crippen LogP contribution < -0.4 is 0 Å². The van der Waals surface area contributed by atoms with Gasteiger partial charge in [-0.3, -0.25) is 9.69 Å². The Kier molecular flexibility index (Phi) is 7.40. The number of aldehydes is 1. The average molecular weight is 354 g/mol. The van der Waals surface area contributed by atoms with Crippen LogP contribution in [0, 0.1) is 0 Å². The van der Waals surface area contributed by atoms with Gasteiger partial charge in [0.1, 0.15) is 12.0 Å². The van der Waals surface area contributed by atoms with E-state index in [1.807, 2.05) is 24.3 Å². The van der Waals surface area contributed by atoms with E-state index in [1.54, 1.807) is 12.1 Å². The topological polar surface area (TPSA) is 40.5 Å².